The van der Waals surface area contributed by atoms with Crippen molar-refractivity contribution in [3.05, 3.63) is 23.3 Å². The molecule has 4 N–H and O–H groups in total. The van der Waals surface area contributed by atoms with Crippen molar-refractivity contribution < 1.29 is 20.4 Å². The van der Waals surface area contributed by atoms with Crippen LogP contribution in [-0.4, -0.2) is 20.4 Å². The number of hydrogen-bond acceptors (Lipinski definition) is 4. The molecule has 0 atom stereocenters. The average molecular weight is 210 g/mol. The van der Waals surface area contributed by atoms with E-state index in [9.17, 15) is 20.4 Å². The Labute approximate surface area is 87.7 Å². The number of hydrogen-bond donors (Lipinski definition) is 4. The zero-order valence-electron chi connectivity index (χ0n) is 8.65. The molecule has 0 saturated carbocycles. The summed E-state index contributed by atoms with van der Waals surface area (Å²) >= 11 is 0. The molecule has 0 heterocycles. The number of phenolic OH excluding ortho intramolecular Hbond substituents is 4. The third-order valence-corrected chi connectivity index (χ3v) is 2.04. The number of benzene rings is 1. The van der Waals surface area contributed by atoms with Gasteiger partial charge in [0.05, 0.1) is 0 Å². The van der Waals surface area contributed by atoms with Crippen molar-refractivity contribution in [2.24, 2.45) is 0 Å². The van der Waals surface area contributed by atoms with Crippen LogP contribution in [0.5, 0.6) is 23.0 Å². The van der Waals surface area contributed by atoms with Gasteiger partial charge in [-0.15, -0.1) is 0 Å². The molecule has 15 heavy (non-hydrogen) atoms. The molecule has 0 amide bonds. The fourth-order valence-corrected chi connectivity index (χ4v) is 1.19. The van der Waals surface area contributed by atoms with Gasteiger partial charge in [0.2, 0.25) is 0 Å². The second-order valence-corrected chi connectivity index (χ2v) is 3.58. The lowest BCUT2D eigenvalue weighted by Gasteiger charge is -2.08. The van der Waals surface area contributed by atoms with Gasteiger partial charge >= 0.3 is 0 Å². The first-order chi connectivity index (χ1) is 6.93. The van der Waals surface area contributed by atoms with E-state index in [4.69, 9.17) is 0 Å². The predicted molar refractivity (Wildman–Crippen MR) is 56.2 cm³/mol. The van der Waals surface area contributed by atoms with Crippen LogP contribution in [0.3, 0.4) is 0 Å². The fourth-order valence-electron chi connectivity index (χ4n) is 1.19. The van der Waals surface area contributed by atoms with Crippen molar-refractivity contribution in [3.63, 3.8) is 0 Å². The summed E-state index contributed by atoms with van der Waals surface area (Å²) in [5.41, 5.74) is 1.13. The van der Waals surface area contributed by atoms with Gasteiger partial charge in [0.1, 0.15) is 0 Å². The molecule has 0 spiro atoms. The van der Waals surface area contributed by atoms with Gasteiger partial charge in [0.15, 0.2) is 23.0 Å². The van der Waals surface area contributed by atoms with Crippen molar-refractivity contribution >= 4 is 0 Å². The predicted octanol–water partition coefficient (Wildman–Crippen LogP) is 2.02. The smallest absolute Gasteiger partial charge is 0.165 e. The Morgan fingerprint density at radius 1 is 1.07 bits per heavy atom. The van der Waals surface area contributed by atoms with Crippen LogP contribution in [0.15, 0.2) is 17.7 Å². The van der Waals surface area contributed by atoms with Crippen molar-refractivity contribution in [2.45, 2.75) is 20.3 Å². The molecule has 4 nitrogen and oxygen atoms in total. The van der Waals surface area contributed by atoms with Crippen LogP contribution in [0, 0.1) is 0 Å². The molecule has 82 valence electrons. The lowest BCUT2D eigenvalue weighted by molar-refractivity contribution is 0.367. The molecular formula is C11H14O4. The van der Waals surface area contributed by atoms with E-state index in [1.165, 1.54) is 0 Å². The minimum Gasteiger partial charge on any atom is -0.504 e. The topological polar surface area (TPSA) is 80.9 Å². The standard InChI is InChI=1S/C11H14O4/c1-6(2)3-4-7-10(14)8(12)5-9(13)11(7)15/h3,5,12-15H,4H2,1-2H3. The van der Waals surface area contributed by atoms with Gasteiger partial charge in [-0.1, -0.05) is 11.6 Å². The zero-order chi connectivity index (χ0) is 11.6. The second-order valence-electron chi connectivity index (χ2n) is 3.58. The Hall–Kier alpha value is -1.84. The summed E-state index contributed by atoms with van der Waals surface area (Å²) < 4.78 is 0. The normalized spacial score (nSPS) is 10.0. The van der Waals surface area contributed by atoms with E-state index in [-0.39, 0.29) is 12.0 Å². The lowest BCUT2D eigenvalue weighted by Crippen LogP contribution is -1.86. The summed E-state index contributed by atoms with van der Waals surface area (Å²) in [5.74, 6) is -1.68. The molecule has 0 aromatic heterocycles. The van der Waals surface area contributed by atoms with E-state index in [0.29, 0.717) is 0 Å². The lowest BCUT2D eigenvalue weighted by atomic mass is 10.1. The monoisotopic (exact) mass is 210 g/mol. The summed E-state index contributed by atoms with van der Waals surface area (Å²) in [6.45, 7) is 3.74. The Bertz CT molecular complexity index is 377. The molecule has 0 aliphatic rings. The maximum atomic E-state index is 9.47. The van der Waals surface area contributed by atoms with E-state index in [2.05, 4.69) is 0 Å². The van der Waals surface area contributed by atoms with Crippen LogP contribution in [-0.2, 0) is 6.42 Å². The van der Waals surface area contributed by atoms with Gasteiger partial charge < -0.3 is 20.4 Å². The fraction of sp³-hybridized carbons (Fsp3) is 0.273. The van der Waals surface area contributed by atoms with Gasteiger partial charge in [-0.3, -0.25) is 0 Å². The minimum absolute atomic E-state index is 0.119. The van der Waals surface area contributed by atoms with Gasteiger partial charge in [0, 0.05) is 11.6 Å². The molecule has 1 aromatic rings. The highest BCUT2D eigenvalue weighted by Gasteiger charge is 2.15. The van der Waals surface area contributed by atoms with Gasteiger partial charge in [-0.2, -0.15) is 0 Å². The maximum Gasteiger partial charge on any atom is 0.165 e. The van der Waals surface area contributed by atoms with Crippen molar-refractivity contribution in [1.82, 2.24) is 0 Å². The highest BCUT2D eigenvalue weighted by molar-refractivity contribution is 5.59. The Morgan fingerprint density at radius 3 is 1.93 bits per heavy atom. The van der Waals surface area contributed by atoms with Crippen molar-refractivity contribution in [3.8, 4) is 23.0 Å². The molecule has 4 heteroatoms. The largest absolute Gasteiger partial charge is 0.504 e. The summed E-state index contributed by atoms with van der Waals surface area (Å²) in [5, 5.41) is 37.4. The molecule has 0 saturated heterocycles. The summed E-state index contributed by atoms with van der Waals surface area (Å²) in [4.78, 5) is 0. The van der Waals surface area contributed by atoms with Gasteiger partial charge in [0.25, 0.3) is 0 Å². The molecule has 0 aliphatic carbocycles. The summed E-state index contributed by atoms with van der Waals surface area (Å²) in [7, 11) is 0. The van der Waals surface area contributed by atoms with E-state index in [1.807, 2.05) is 13.8 Å². The molecule has 0 bridgehead atoms. The first-order valence-corrected chi connectivity index (χ1v) is 4.52. The highest BCUT2D eigenvalue weighted by Crippen LogP contribution is 2.42. The number of phenols is 4. The molecule has 0 unspecified atom stereocenters. The average Bonchev–Trinajstić information content (AvgIpc) is 2.14. The van der Waals surface area contributed by atoms with Crippen LogP contribution in [0.2, 0.25) is 0 Å². The molecule has 1 aromatic carbocycles. The zero-order valence-corrected chi connectivity index (χ0v) is 8.65. The number of allylic oxidation sites excluding steroid dienone is 2. The quantitative estimate of drug-likeness (QED) is 0.342. The van der Waals surface area contributed by atoms with E-state index >= 15 is 0 Å². The molecule has 0 radical (unpaired) electrons. The Morgan fingerprint density at radius 2 is 1.53 bits per heavy atom. The van der Waals surface area contributed by atoms with Crippen LogP contribution in [0.25, 0.3) is 0 Å². The van der Waals surface area contributed by atoms with Crippen LogP contribution >= 0.6 is 0 Å². The molecule has 1 rings (SSSR count). The Balaban J connectivity index is 3.21. The van der Waals surface area contributed by atoms with E-state index in [1.54, 1.807) is 6.08 Å². The summed E-state index contributed by atoms with van der Waals surface area (Å²) in [6.07, 6.45) is 2.02. The second kappa shape index (κ2) is 4.13. The SMILES string of the molecule is CC(C)=CCc1c(O)c(O)cc(O)c1O. The summed E-state index contributed by atoms with van der Waals surface area (Å²) in [6, 6.07) is 0.899. The molecule has 0 aliphatic heterocycles. The van der Waals surface area contributed by atoms with E-state index < -0.39 is 23.0 Å². The minimum atomic E-state index is -0.442. The van der Waals surface area contributed by atoms with Crippen LogP contribution in [0.4, 0.5) is 0 Å². The highest BCUT2D eigenvalue weighted by atomic mass is 16.3. The molecule has 0 fully saturated rings. The molecular weight excluding hydrogens is 196 g/mol. The maximum absolute atomic E-state index is 9.47. The van der Waals surface area contributed by atoms with Crippen molar-refractivity contribution in [1.29, 1.82) is 0 Å². The third-order valence-electron chi connectivity index (χ3n) is 2.04. The third kappa shape index (κ3) is 2.34. The van der Waals surface area contributed by atoms with Crippen LogP contribution < -0.4 is 0 Å². The van der Waals surface area contributed by atoms with Crippen LogP contribution in [0.1, 0.15) is 19.4 Å². The van der Waals surface area contributed by atoms with Gasteiger partial charge in [-0.05, 0) is 20.3 Å². The first-order valence-electron chi connectivity index (χ1n) is 4.52. The van der Waals surface area contributed by atoms with Gasteiger partial charge in [-0.25, -0.2) is 0 Å². The number of aromatic hydroxyl groups is 4. The number of rotatable bonds is 2. The van der Waals surface area contributed by atoms with E-state index in [0.717, 1.165) is 11.6 Å². The van der Waals surface area contributed by atoms with Crippen molar-refractivity contribution in [2.75, 3.05) is 0 Å². The first kappa shape index (κ1) is 11.2. The Kier molecular flexibility index (Phi) is 3.09.